The van der Waals surface area contributed by atoms with Crippen molar-refractivity contribution in [2.75, 3.05) is 23.3 Å². The number of anilines is 3. The Balaban J connectivity index is 1.93. The number of hydrogen-bond donors (Lipinski definition) is 2. The van der Waals surface area contributed by atoms with Gasteiger partial charge in [0, 0.05) is 24.5 Å². The summed E-state index contributed by atoms with van der Waals surface area (Å²) in [6.45, 7) is 8.29. The SMILES string of the molecule is CCN(CC)c1ccc(Nc2nc3ccccc3c(=O)[nH]2)c(C)c1. The Bertz CT molecular complexity index is 913. The Morgan fingerprint density at radius 2 is 1.88 bits per heavy atom. The van der Waals surface area contributed by atoms with Crippen molar-refractivity contribution < 1.29 is 0 Å². The van der Waals surface area contributed by atoms with Crippen LogP contribution in [-0.4, -0.2) is 23.1 Å². The zero-order valence-corrected chi connectivity index (χ0v) is 14.3. The van der Waals surface area contributed by atoms with Gasteiger partial charge in [0.25, 0.3) is 5.56 Å². The Labute approximate surface area is 141 Å². The van der Waals surface area contributed by atoms with Gasteiger partial charge in [0.2, 0.25) is 5.95 Å². The summed E-state index contributed by atoms with van der Waals surface area (Å²) in [4.78, 5) is 21.7. The number of fused-ring (bicyclic) bond motifs is 1. The van der Waals surface area contributed by atoms with Crippen LogP contribution in [-0.2, 0) is 0 Å². The summed E-state index contributed by atoms with van der Waals surface area (Å²) in [7, 11) is 0. The first-order valence-corrected chi connectivity index (χ1v) is 8.24. The molecule has 5 nitrogen and oxygen atoms in total. The largest absolute Gasteiger partial charge is 0.372 e. The van der Waals surface area contributed by atoms with Crippen LogP contribution in [0, 0.1) is 6.92 Å². The molecule has 24 heavy (non-hydrogen) atoms. The summed E-state index contributed by atoms with van der Waals surface area (Å²) >= 11 is 0. The van der Waals surface area contributed by atoms with E-state index in [4.69, 9.17) is 0 Å². The summed E-state index contributed by atoms with van der Waals surface area (Å²) in [5.74, 6) is 0.456. The molecular formula is C19H22N4O. The number of rotatable bonds is 5. The molecule has 0 aliphatic carbocycles. The highest BCUT2D eigenvalue weighted by Crippen LogP contribution is 2.24. The molecule has 1 heterocycles. The topological polar surface area (TPSA) is 61.0 Å². The number of nitrogens with zero attached hydrogens (tertiary/aromatic N) is 2. The quantitative estimate of drug-likeness (QED) is 0.749. The number of hydrogen-bond acceptors (Lipinski definition) is 4. The molecule has 0 radical (unpaired) electrons. The highest BCUT2D eigenvalue weighted by Gasteiger charge is 2.07. The number of para-hydroxylation sites is 1. The van der Waals surface area contributed by atoms with E-state index in [0.29, 0.717) is 16.9 Å². The van der Waals surface area contributed by atoms with Crippen LogP contribution >= 0.6 is 0 Å². The van der Waals surface area contributed by atoms with Crippen molar-refractivity contribution in [3.8, 4) is 0 Å². The highest BCUT2D eigenvalue weighted by molar-refractivity contribution is 5.79. The summed E-state index contributed by atoms with van der Waals surface area (Å²) in [6, 6.07) is 13.6. The van der Waals surface area contributed by atoms with Crippen LogP contribution in [0.5, 0.6) is 0 Å². The molecule has 0 amide bonds. The number of nitrogens with one attached hydrogen (secondary N) is 2. The van der Waals surface area contributed by atoms with Crippen molar-refractivity contribution in [3.05, 3.63) is 58.4 Å². The molecule has 0 bridgehead atoms. The lowest BCUT2D eigenvalue weighted by atomic mass is 10.1. The summed E-state index contributed by atoms with van der Waals surface area (Å²) in [5.41, 5.74) is 3.78. The van der Waals surface area contributed by atoms with E-state index in [2.05, 4.69) is 53.1 Å². The molecule has 1 aromatic heterocycles. The van der Waals surface area contributed by atoms with Crippen LogP contribution in [0.3, 0.4) is 0 Å². The van der Waals surface area contributed by atoms with Crippen LogP contribution in [0.15, 0.2) is 47.3 Å². The number of aromatic amines is 1. The van der Waals surface area contributed by atoms with Crippen LogP contribution in [0.2, 0.25) is 0 Å². The van der Waals surface area contributed by atoms with Gasteiger partial charge in [0.15, 0.2) is 0 Å². The highest BCUT2D eigenvalue weighted by atomic mass is 16.1. The minimum Gasteiger partial charge on any atom is -0.372 e. The average Bonchev–Trinajstić information content (AvgIpc) is 2.58. The predicted octanol–water partition coefficient (Wildman–Crippen LogP) is 3.82. The maximum atomic E-state index is 12.2. The molecule has 3 rings (SSSR count). The van der Waals surface area contributed by atoms with E-state index in [1.54, 1.807) is 6.07 Å². The molecule has 0 saturated heterocycles. The van der Waals surface area contributed by atoms with Gasteiger partial charge in [-0.25, -0.2) is 4.98 Å². The van der Waals surface area contributed by atoms with E-state index < -0.39 is 0 Å². The normalized spacial score (nSPS) is 10.8. The van der Waals surface area contributed by atoms with Crippen LogP contribution in [0.1, 0.15) is 19.4 Å². The van der Waals surface area contributed by atoms with Gasteiger partial charge in [-0.15, -0.1) is 0 Å². The van der Waals surface area contributed by atoms with E-state index in [9.17, 15) is 4.79 Å². The lowest BCUT2D eigenvalue weighted by molar-refractivity contribution is 0.866. The van der Waals surface area contributed by atoms with Gasteiger partial charge < -0.3 is 10.2 Å². The fourth-order valence-electron chi connectivity index (χ4n) is 2.85. The standard InChI is InChI=1S/C19H22N4O/c1-4-23(5-2)14-10-11-16(13(3)12-14)20-19-21-17-9-7-6-8-15(17)18(24)22-19/h6-12H,4-5H2,1-3H3,(H2,20,21,22,24). The molecule has 2 N–H and O–H groups in total. The van der Waals surface area contributed by atoms with Crippen molar-refractivity contribution in [1.29, 1.82) is 0 Å². The Morgan fingerprint density at radius 1 is 1.12 bits per heavy atom. The number of H-pyrrole nitrogens is 1. The smallest absolute Gasteiger partial charge is 0.260 e. The number of aromatic nitrogens is 2. The van der Waals surface area contributed by atoms with Gasteiger partial charge in [-0.05, 0) is 56.7 Å². The third-order valence-corrected chi connectivity index (χ3v) is 4.20. The zero-order valence-electron chi connectivity index (χ0n) is 14.3. The second-order valence-corrected chi connectivity index (χ2v) is 5.73. The molecule has 5 heteroatoms. The molecule has 0 spiro atoms. The van der Waals surface area contributed by atoms with Gasteiger partial charge in [-0.3, -0.25) is 9.78 Å². The molecule has 0 aliphatic heterocycles. The Kier molecular flexibility index (Phi) is 4.51. The molecule has 3 aromatic rings. The first kappa shape index (κ1) is 16.1. The fourth-order valence-corrected chi connectivity index (χ4v) is 2.85. The third kappa shape index (κ3) is 3.11. The fraction of sp³-hybridized carbons (Fsp3) is 0.263. The van der Waals surface area contributed by atoms with Crippen LogP contribution in [0.4, 0.5) is 17.3 Å². The molecule has 0 fully saturated rings. The van der Waals surface area contributed by atoms with E-state index in [-0.39, 0.29) is 5.56 Å². The third-order valence-electron chi connectivity index (χ3n) is 4.20. The van der Waals surface area contributed by atoms with Crippen molar-refractivity contribution in [3.63, 3.8) is 0 Å². The van der Waals surface area contributed by atoms with Gasteiger partial charge in [-0.1, -0.05) is 12.1 Å². The molecule has 0 aliphatic rings. The second-order valence-electron chi connectivity index (χ2n) is 5.73. The molecule has 124 valence electrons. The van der Waals surface area contributed by atoms with Gasteiger partial charge in [-0.2, -0.15) is 0 Å². The summed E-state index contributed by atoms with van der Waals surface area (Å²) < 4.78 is 0. The average molecular weight is 322 g/mol. The number of benzene rings is 2. The monoisotopic (exact) mass is 322 g/mol. The van der Waals surface area contributed by atoms with Gasteiger partial charge in [0.05, 0.1) is 10.9 Å². The van der Waals surface area contributed by atoms with E-state index in [1.165, 1.54) is 5.69 Å². The van der Waals surface area contributed by atoms with E-state index in [1.807, 2.05) is 24.3 Å². The summed E-state index contributed by atoms with van der Waals surface area (Å²) in [6.07, 6.45) is 0. The van der Waals surface area contributed by atoms with Crippen molar-refractivity contribution in [1.82, 2.24) is 9.97 Å². The summed E-state index contributed by atoms with van der Waals surface area (Å²) in [5, 5.41) is 3.82. The lowest BCUT2D eigenvalue weighted by Crippen LogP contribution is -2.21. The first-order chi connectivity index (χ1) is 11.6. The molecule has 0 saturated carbocycles. The minimum absolute atomic E-state index is 0.138. The Hall–Kier alpha value is -2.82. The van der Waals surface area contributed by atoms with Gasteiger partial charge in [0.1, 0.15) is 0 Å². The lowest BCUT2D eigenvalue weighted by Gasteiger charge is -2.22. The molecular weight excluding hydrogens is 300 g/mol. The molecule has 0 atom stereocenters. The maximum absolute atomic E-state index is 12.2. The van der Waals surface area contributed by atoms with Crippen LogP contribution < -0.4 is 15.8 Å². The first-order valence-electron chi connectivity index (χ1n) is 8.24. The minimum atomic E-state index is -0.138. The number of aryl methyl sites for hydroxylation is 1. The molecule has 0 unspecified atom stereocenters. The van der Waals surface area contributed by atoms with Crippen molar-refractivity contribution in [2.24, 2.45) is 0 Å². The van der Waals surface area contributed by atoms with Gasteiger partial charge >= 0.3 is 0 Å². The Morgan fingerprint density at radius 3 is 2.58 bits per heavy atom. The van der Waals surface area contributed by atoms with Crippen LogP contribution in [0.25, 0.3) is 10.9 Å². The van der Waals surface area contributed by atoms with Crippen molar-refractivity contribution in [2.45, 2.75) is 20.8 Å². The zero-order chi connectivity index (χ0) is 17.1. The second kappa shape index (κ2) is 6.74. The maximum Gasteiger partial charge on any atom is 0.260 e. The van der Waals surface area contributed by atoms with Crippen molar-refractivity contribution >= 4 is 28.2 Å². The van der Waals surface area contributed by atoms with E-state index in [0.717, 1.165) is 24.3 Å². The van der Waals surface area contributed by atoms with E-state index >= 15 is 0 Å². The molecule has 2 aromatic carbocycles. The predicted molar refractivity (Wildman–Crippen MR) is 100 cm³/mol.